The summed E-state index contributed by atoms with van der Waals surface area (Å²) >= 11 is 1.59. The van der Waals surface area contributed by atoms with Crippen molar-refractivity contribution in [1.82, 2.24) is 25.5 Å². The van der Waals surface area contributed by atoms with Gasteiger partial charge in [0.25, 0.3) is 5.91 Å². The van der Waals surface area contributed by atoms with Crippen LogP contribution in [0.1, 0.15) is 40.4 Å². The number of hydrogen-bond donors (Lipinski definition) is 3. The summed E-state index contributed by atoms with van der Waals surface area (Å²) < 4.78 is 0. The maximum absolute atomic E-state index is 11.8. The maximum atomic E-state index is 11.8. The lowest BCUT2D eigenvalue weighted by Crippen LogP contribution is -2.27. The Morgan fingerprint density at radius 2 is 2.44 bits per heavy atom. The average molecular weight is 266 g/mol. The number of thiazole rings is 1. The Kier molecular flexibility index (Phi) is 3.56. The van der Waals surface area contributed by atoms with Crippen LogP contribution in [0.25, 0.3) is 0 Å². The third-order valence-corrected chi connectivity index (χ3v) is 3.68. The van der Waals surface area contributed by atoms with Gasteiger partial charge in [-0.1, -0.05) is 6.92 Å². The van der Waals surface area contributed by atoms with Gasteiger partial charge in [-0.2, -0.15) is 4.98 Å². The van der Waals surface area contributed by atoms with Crippen LogP contribution in [0.5, 0.6) is 0 Å². The number of amides is 1. The molecule has 18 heavy (non-hydrogen) atoms. The first-order chi connectivity index (χ1) is 8.60. The number of hydrogen-bond acceptors (Lipinski definition) is 6. The Bertz CT molecular complexity index is 548. The molecule has 0 aliphatic rings. The van der Waals surface area contributed by atoms with Gasteiger partial charge in [-0.25, -0.2) is 4.98 Å². The fraction of sp³-hybridized carbons (Fsp3) is 0.400. The van der Waals surface area contributed by atoms with Crippen LogP contribution in [0.2, 0.25) is 0 Å². The fourth-order valence-corrected chi connectivity index (χ4v) is 2.25. The molecule has 0 spiro atoms. The number of aromatic nitrogens is 4. The van der Waals surface area contributed by atoms with E-state index in [4.69, 9.17) is 5.73 Å². The number of aryl methyl sites for hydroxylation is 1. The van der Waals surface area contributed by atoms with E-state index in [0.717, 1.165) is 11.4 Å². The normalized spacial score (nSPS) is 12.3. The molecule has 0 saturated carbocycles. The monoisotopic (exact) mass is 266 g/mol. The molecule has 0 aliphatic heterocycles. The second kappa shape index (κ2) is 5.13. The molecule has 0 aliphatic carbocycles. The SMILES string of the molecule is CCc1cnc(C(C)NC(=O)c2nc(N)n[nH]2)s1. The van der Waals surface area contributed by atoms with Gasteiger partial charge in [-0.3, -0.25) is 9.89 Å². The zero-order chi connectivity index (χ0) is 13.1. The van der Waals surface area contributed by atoms with Crippen LogP contribution in [-0.4, -0.2) is 26.1 Å². The van der Waals surface area contributed by atoms with Gasteiger partial charge in [0.2, 0.25) is 11.8 Å². The molecule has 1 atom stereocenters. The predicted octanol–water partition coefficient (Wildman–Crippen LogP) is 0.897. The molecule has 0 aromatic carbocycles. The van der Waals surface area contributed by atoms with E-state index >= 15 is 0 Å². The standard InChI is InChI=1S/C10H14N6OS/c1-3-6-4-12-9(18-6)5(2)13-8(17)7-14-10(11)16-15-7/h4-5H,3H2,1-2H3,(H,13,17)(H3,11,14,15,16). The number of nitrogen functional groups attached to an aromatic ring is 1. The number of carbonyl (C=O) groups excluding carboxylic acids is 1. The number of nitrogens with zero attached hydrogens (tertiary/aromatic N) is 3. The molecule has 0 saturated heterocycles. The third-order valence-electron chi connectivity index (χ3n) is 2.36. The quantitative estimate of drug-likeness (QED) is 0.761. The summed E-state index contributed by atoms with van der Waals surface area (Å²) in [7, 11) is 0. The van der Waals surface area contributed by atoms with E-state index in [0.29, 0.717) is 0 Å². The Balaban J connectivity index is 2.02. The van der Waals surface area contributed by atoms with Crippen LogP contribution >= 0.6 is 11.3 Å². The van der Waals surface area contributed by atoms with Crippen molar-refractivity contribution in [1.29, 1.82) is 0 Å². The predicted molar refractivity (Wildman–Crippen MR) is 68.2 cm³/mol. The molecule has 1 amide bonds. The number of aromatic amines is 1. The van der Waals surface area contributed by atoms with Gasteiger partial charge in [0.1, 0.15) is 5.01 Å². The van der Waals surface area contributed by atoms with Crippen molar-refractivity contribution < 1.29 is 4.79 Å². The van der Waals surface area contributed by atoms with Gasteiger partial charge < -0.3 is 11.1 Å². The van der Waals surface area contributed by atoms with Crippen LogP contribution < -0.4 is 11.1 Å². The number of nitrogens with one attached hydrogen (secondary N) is 2. The van der Waals surface area contributed by atoms with E-state index in [2.05, 4.69) is 32.4 Å². The molecule has 0 fully saturated rings. The number of nitrogens with two attached hydrogens (primary N) is 1. The van der Waals surface area contributed by atoms with E-state index in [1.165, 1.54) is 4.88 Å². The largest absolute Gasteiger partial charge is 0.366 e. The first-order valence-electron chi connectivity index (χ1n) is 5.53. The minimum Gasteiger partial charge on any atom is -0.366 e. The van der Waals surface area contributed by atoms with Crippen molar-refractivity contribution in [2.24, 2.45) is 0 Å². The van der Waals surface area contributed by atoms with Gasteiger partial charge >= 0.3 is 0 Å². The van der Waals surface area contributed by atoms with Gasteiger partial charge in [0, 0.05) is 11.1 Å². The van der Waals surface area contributed by atoms with E-state index in [-0.39, 0.29) is 23.7 Å². The highest BCUT2D eigenvalue weighted by atomic mass is 32.1. The Labute approximate surface area is 108 Å². The summed E-state index contributed by atoms with van der Waals surface area (Å²) in [5.41, 5.74) is 5.34. The minimum atomic E-state index is -0.347. The van der Waals surface area contributed by atoms with E-state index in [9.17, 15) is 4.79 Å². The van der Waals surface area contributed by atoms with Crippen molar-refractivity contribution >= 4 is 23.2 Å². The van der Waals surface area contributed by atoms with Crippen molar-refractivity contribution in [3.05, 3.63) is 21.9 Å². The molecule has 4 N–H and O–H groups in total. The zero-order valence-corrected chi connectivity index (χ0v) is 10.9. The summed E-state index contributed by atoms with van der Waals surface area (Å²) in [6.45, 7) is 3.94. The lowest BCUT2D eigenvalue weighted by Gasteiger charge is -2.09. The van der Waals surface area contributed by atoms with Gasteiger partial charge in [-0.05, 0) is 13.3 Å². The summed E-state index contributed by atoms with van der Waals surface area (Å²) in [6.07, 6.45) is 2.77. The topological polar surface area (TPSA) is 110 Å². The molecule has 7 nitrogen and oxygen atoms in total. The lowest BCUT2D eigenvalue weighted by atomic mass is 10.3. The van der Waals surface area contributed by atoms with Crippen molar-refractivity contribution in [2.75, 3.05) is 5.73 Å². The Morgan fingerprint density at radius 1 is 1.67 bits per heavy atom. The number of anilines is 1. The summed E-state index contributed by atoms with van der Waals surface area (Å²) in [4.78, 5) is 21.0. The average Bonchev–Trinajstić information content (AvgIpc) is 2.97. The van der Waals surface area contributed by atoms with E-state index in [1.807, 2.05) is 13.1 Å². The molecule has 2 aromatic heterocycles. The van der Waals surface area contributed by atoms with E-state index < -0.39 is 0 Å². The zero-order valence-electron chi connectivity index (χ0n) is 10.1. The van der Waals surface area contributed by atoms with E-state index in [1.54, 1.807) is 11.3 Å². The molecule has 96 valence electrons. The smallest absolute Gasteiger partial charge is 0.289 e. The van der Waals surface area contributed by atoms with Crippen LogP contribution in [0.4, 0.5) is 5.95 Å². The lowest BCUT2D eigenvalue weighted by molar-refractivity contribution is 0.0930. The molecule has 1 unspecified atom stereocenters. The van der Waals surface area contributed by atoms with Gasteiger partial charge in [-0.15, -0.1) is 16.4 Å². The van der Waals surface area contributed by atoms with Crippen LogP contribution in [0.3, 0.4) is 0 Å². The highest BCUT2D eigenvalue weighted by Gasteiger charge is 2.16. The fourth-order valence-electron chi connectivity index (χ4n) is 1.39. The first-order valence-corrected chi connectivity index (χ1v) is 6.35. The Hall–Kier alpha value is -1.96. The van der Waals surface area contributed by atoms with Crippen LogP contribution in [0.15, 0.2) is 6.20 Å². The maximum Gasteiger partial charge on any atom is 0.289 e. The molecule has 2 heterocycles. The molecule has 2 rings (SSSR count). The first kappa shape index (κ1) is 12.5. The summed E-state index contributed by atoms with van der Waals surface area (Å²) in [5.74, 6) is -0.193. The van der Waals surface area contributed by atoms with Crippen LogP contribution in [-0.2, 0) is 6.42 Å². The van der Waals surface area contributed by atoms with Crippen LogP contribution in [0, 0.1) is 0 Å². The third kappa shape index (κ3) is 2.65. The van der Waals surface area contributed by atoms with Crippen molar-refractivity contribution in [2.45, 2.75) is 26.3 Å². The summed E-state index contributed by atoms with van der Waals surface area (Å²) in [5, 5.41) is 9.72. The number of carbonyl (C=O) groups is 1. The highest BCUT2D eigenvalue weighted by Crippen LogP contribution is 2.20. The minimum absolute atomic E-state index is 0.0512. The molecule has 2 aromatic rings. The number of H-pyrrole nitrogens is 1. The molecule has 0 radical (unpaired) electrons. The van der Waals surface area contributed by atoms with Crippen molar-refractivity contribution in [3.63, 3.8) is 0 Å². The van der Waals surface area contributed by atoms with Gasteiger partial charge in [0.05, 0.1) is 6.04 Å². The molecular formula is C10H14N6OS. The Morgan fingerprint density at radius 3 is 3.00 bits per heavy atom. The highest BCUT2D eigenvalue weighted by molar-refractivity contribution is 7.11. The second-order valence-electron chi connectivity index (χ2n) is 3.76. The molecule has 0 bridgehead atoms. The number of rotatable bonds is 4. The van der Waals surface area contributed by atoms with Crippen molar-refractivity contribution in [3.8, 4) is 0 Å². The summed E-state index contributed by atoms with van der Waals surface area (Å²) in [6, 6.07) is -0.172. The molecular weight excluding hydrogens is 252 g/mol. The molecule has 8 heteroatoms. The van der Waals surface area contributed by atoms with Gasteiger partial charge in [0.15, 0.2) is 0 Å². The second-order valence-corrected chi connectivity index (χ2v) is 4.90.